The highest BCUT2D eigenvalue weighted by Gasteiger charge is 2.31. The topological polar surface area (TPSA) is 21.3 Å². The van der Waals surface area contributed by atoms with E-state index in [1.807, 2.05) is 0 Å². The number of rotatable bonds is 3. The van der Waals surface area contributed by atoms with Gasteiger partial charge in [-0.05, 0) is 42.0 Å². The van der Waals surface area contributed by atoms with E-state index in [0.29, 0.717) is 18.5 Å². The number of benzene rings is 1. The van der Waals surface area contributed by atoms with Crippen molar-refractivity contribution in [2.24, 2.45) is 5.92 Å². The molecule has 2 nitrogen and oxygen atoms in total. The van der Waals surface area contributed by atoms with Crippen molar-refractivity contribution < 1.29 is 17.9 Å². The monoisotopic (exact) mass is 273 g/mol. The van der Waals surface area contributed by atoms with Gasteiger partial charge in [0.2, 0.25) is 0 Å². The molecule has 1 atom stereocenters. The molecule has 0 bridgehead atoms. The zero-order valence-corrected chi connectivity index (χ0v) is 11.1. The van der Waals surface area contributed by atoms with E-state index in [9.17, 15) is 13.2 Å². The van der Waals surface area contributed by atoms with E-state index < -0.39 is 6.36 Å². The molecule has 106 valence electrons. The molecule has 0 amide bonds. The van der Waals surface area contributed by atoms with Crippen molar-refractivity contribution in [1.29, 1.82) is 0 Å². The van der Waals surface area contributed by atoms with Gasteiger partial charge < -0.3 is 10.1 Å². The van der Waals surface area contributed by atoms with Crippen molar-refractivity contribution in [3.63, 3.8) is 0 Å². The third-order valence-electron chi connectivity index (χ3n) is 3.21. The first-order valence-corrected chi connectivity index (χ1v) is 6.44. The predicted molar refractivity (Wildman–Crippen MR) is 66.9 cm³/mol. The van der Waals surface area contributed by atoms with Crippen LogP contribution in [0.3, 0.4) is 0 Å². The summed E-state index contributed by atoms with van der Waals surface area (Å²) in [6, 6.07) is 5.01. The van der Waals surface area contributed by atoms with E-state index in [4.69, 9.17) is 0 Å². The molecule has 0 aliphatic carbocycles. The fourth-order valence-corrected chi connectivity index (χ4v) is 2.49. The quantitative estimate of drug-likeness (QED) is 0.907. The Hall–Kier alpha value is -1.23. The molecule has 0 fully saturated rings. The first kappa shape index (κ1) is 14.2. The molecular weight excluding hydrogens is 255 g/mol. The fourth-order valence-electron chi connectivity index (χ4n) is 2.49. The molecule has 1 aliphatic heterocycles. The normalized spacial score (nSPS) is 19.4. The minimum atomic E-state index is -4.63. The van der Waals surface area contributed by atoms with Gasteiger partial charge in [0, 0.05) is 12.6 Å². The van der Waals surface area contributed by atoms with Crippen LogP contribution in [0.1, 0.15) is 31.4 Å². The lowest BCUT2D eigenvalue weighted by molar-refractivity contribution is -0.274. The maximum atomic E-state index is 12.1. The Balaban J connectivity index is 2.08. The third kappa shape index (κ3) is 4.13. The molecule has 2 rings (SSSR count). The smallest absolute Gasteiger partial charge is 0.406 e. The van der Waals surface area contributed by atoms with Gasteiger partial charge >= 0.3 is 6.36 Å². The highest BCUT2D eigenvalue weighted by Crippen LogP contribution is 2.28. The van der Waals surface area contributed by atoms with Crippen LogP contribution in [0.2, 0.25) is 0 Å². The molecule has 1 heterocycles. The van der Waals surface area contributed by atoms with Gasteiger partial charge in [-0.3, -0.25) is 0 Å². The third-order valence-corrected chi connectivity index (χ3v) is 3.21. The second kappa shape index (κ2) is 5.41. The fraction of sp³-hybridized carbons (Fsp3) is 0.571. The second-order valence-electron chi connectivity index (χ2n) is 5.39. The van der Waals surface area contributed by atoms with Gasteiger partial charge in [-0.15, -0.1) is 13.2 Å². The van der Waals surface area contributed by atoms with Gasteiger partial charge in [0.25, 0.3) is 0 Å². The molecule has 5 heteroatoms. The Bertz CT molecular complexity index is 443. The SMILES string of the molecule is CC(C)CC1Cc2ccc(OC(F)(F)F)cc2CN1. The number of fused-ring (bicyclic) bond motifs is 1. The maximum absolute atomic E-state index is 12.1. The van der Waals surface area contributed by atoms with Crippen LogP contribution in [-0.2, 0) is 13.0 Å². The van der Waals surface area contributed by atoms with Gasteiger partial charge in [-0.1, -0.05) is 19.9 Å². The van der Waals surface area contributed by atoms with Crippen LogP contribution in [0, 0.1) is 5.92 Å². The van der Waals surface area contributed by atoms with Crippen LogP contribution in [0.5, 0.6) is 5.75 Å². The minimum absolute atomic E-state index is 0.143. The summed E-state index contributed by atoms with van der Waals surface area (Å²) in [5.41, 5.74) is 2.00. The summed E-state index contributed by atoms with van der Waals surface area (Å²) in [4.78, 5) is 0. The van der Waals surface area contributed by atoms with E-state index in [2.05, 4.69) is 23.9 Å². The standard InChI is InChI=1S/C14H18F3NO/c1-9(2)5-12-6-10-3-4-13(19-14(15,16)17)7-11(10)8-18-12/h3-4,7,9,12,18H,5-6,8H2,1-2H3. The average molecular weight is 273 g/mol. The summed E-state index contributed by atoms with van der Waals surface area (Å²) >= 11 is 0. The summed E-state index contributed by atoms with van der Waals surface area (Å²) in [5.74, 6) is 0.460. The lowest BCUT2D eigenvalue weighted by Gasteiger charge is -2.27. The number of hydrogen-bond acceptors (Lipinski definition) is 2. The van der Waals surface area contributed by atoms with Crippen molar-refractivity contribution in [3.05, 3.63) is 29.3 Å². The lowest BCUT2D eigenvalue weighted by atomic mass is 9.91. The Morgan fingerprint density at radius 3 is 2.68 bits per heavy atom. The Morgan fingerprint density at radius 1 is 1.32 bits per heavy atom. The van der Waals surface area contributed by atoms with E-state index in [-0.39, 0.29) is 5.75 Å². The molecule has 1 aromatic carbocycles. The van der Waals surface area contributed by atoms with Crippen molar-refractivity contribution in [2.75, 3.05) is 0 Å². The number of halogens is 3. The Morgan fingerprint density at radius 2 is 2.05 bits per heavy atom. The summed E-state index contributed by atoms with van der Waals surface area (Å²) < 4.78 is 40.4. The minimum Gasteiger partial charge on any atom is -0.406 e. The van der Waals surface area contributed by atoms with Crippen LogP contribution in [0.15, 0.2) is 18.2 Å². The molecular formula is C14H18F3NO. The van der Waals surface area contributed by atoms with E-state index in [0.717, 1.165) is 24.0 Å². The first-order chi connectivity index (χ1) is 8.83. The van der Waals surface area contributed by atoms with Crippen LogP contribution >= 0.6 is 0 Å². The summed E-state index contributed by atoms with van der Waals surface area (Å²) in [5, 5.41) is 3.36. The largest absolute Gasteiger partial charge is 0.573 e. The zero-order valence-electron chi connectivity index (χ0n) is 11.1. The van der Waals surface area contributed by atoms with Gasteiger partial charge in [-0.25, -0.2) is 0 Å². The molecule has 1 aromatic rings. The van der Waals surface area contributed by atoms with Crippen molar-refractivity contribution >= 4 is 0 Å². The Kier molecular flexibility index (Phi) is 4.04. The average Bonchev–Trinajstić information content (AvgIpc) is 2.26. The number of hydrogen-bond donors (Lipinski definition) is 1. The number of ether oxygens (including phenoxy) is 1. The van der Waals surface area contributed by atoms with Crippen LogP contribution in [0.4, 0.5) is 13.2 Å². The van der Waals surface area contributed by atoms with Crippen molar-refractivity contribution in [1.82, 2.24) is 5.32 Å². The van der Waals surface area contributed by atoms with Crippen molar-refractivity contribution in [2.45, 2.75) is 45.6 Å². The van der Waals surface area contributed by atoms with Crippen LogP contribution < -0.4 is 10.1 Å². The van der Waals surface area contributed by atoms with Crippen LogP contribution in [-0.4, -0.2) is 12.4 Å². The molecule has 0 saturated heterocycles. The molecule has 0 radical (unpaired) electrons. The molecule has 1 unspecified atom stereocenters. The van der Waals surface area contributed by atoms with E-state index in [1.54, 1.807) is 6.07 Å². The molecule has 1 aliphatic rings. The van der Waals surface area contributed by atoms with E-state index >= 15 is 0 Å². The summed E-state index contributed by atoms with van der Waals surface area (Å²) in [6.45, 7) is 4.93. The van der Waals surface area contributed by atoms with Crippen LogP contribution in [0.25, 0.3) is 0 Å². The second-order valence-corrected chi connectivity index (χ2v) is 5.39. The number of nitrogens with one attached hydrogen (secondary N) is 1. The summed E-state index contributed by atoms with van der Waals surface area (Å²) in [6.07, 6.45) is -2.70. The highest BCUT2D eigenvalue weighted by atomic mass is 19.4. The maximum Gasteiger partial charge on any atom is 0.573 e. The zero-order chi connectivity index (χ0) is 14.0. The highest BCUT2D eigenvalue weighted by molar-refractivity contribution is 5.37. The predicted octanol–water partition coefficient (Wildman–Crippen LogP) is 3.65. The molecule has 0 spiro atoms. The molecule has 0 aromatic heterocycles. The summed E-state index contributed by atoms with van der Waals surface area (Å²) in [7, 11) is 0. The molecule has 19 heavy (non-hydrogen) atoms. The Labute approximate surface area is 111 Å². The van der Waals surface area contributed by atoms with E-state index in [1.165, 1.54) is 12.1 Å². The van der Waals surface area contributed by atoms with Crippen molar-refractivity contribution in [3.8, 4) is 5.75 Å². The molecule has 0 saturated carbocycles. The lowest BCUT2D eigenvalue weighted by Crippen LogP contribution is -2.36. The van der Waals surface area contributed by atoms with Gasteiger partial charge in [0.1, 0.15) is 5.75 Å². The van der Waals surface area contributed by atoms with Gasteiger partial charge in [-0.2, -0.15) is 0 Å². The molecule has 1 N–H and O–H groups in total. The van der Waals surface area contributed by atoms with Gasteiger partial charge in [0.05, 0.1) is 0 Å². The number of alkyl halides is 3. The first-order valence-electron chi connectivity index (χ1n) is 6.44. The van der Waals surface area contributed by atoms with Gasteiger partial charge in [0.15, 0.2) is 0 Å².